The number of fused-ring (bicyclic) bond motifs is 4. The lowest BCUT2D eigenvalue weighted by molar-refractivity contribution is 0.619. The molecule has 5 heterocycles. The maximum Gasteiger partial charge on any atom is 0.237 e. The monoisotopic (exact) mass is 732 g/mol. The first-order valence-electron chi connectivity index (χ1n) is 17.6. The summed E-state index contributed by atoms with van der Waals surface area (Å²) in [6, 6.07) is 51.4. The van der Waals surface area contributed by atoms with Crippen LogP contribution in [0.4, 0.5) is 0 Å². The SMILES string of the molecule is C(=C\c1ccc(-c2nc3ccccc3o2)cc1)/c1ccc(-c2nc3ccccc3o2)cc1.c1ccc2oc(-c3ccc(-c4nc5ccccc5o4)s3)nc2c1. The van der Waals surface area contributed by atoms with E-state index in [1.807, 2.05) is 133 Å². The van der Waals surface area contributed by atoms with Gasteiger partial charge in [0.05, 0.1) is 9.75 Å². The summed E-state index contributed by atoms with van der Waals surface area (Å²) < 4.78 is 23.3. The van der Waals surface area contributed by atoms with E-state index in [0.29, 0.717) is 23.6 Å². The van der Waals surface area contributed by atoms with Crippen LogP contribution in [0.5, 0.6) is 0 Å². The van der Waals surface area contributed by atoms with E-state index in [1.165, 1.54) is 0 Å². The molecule has 55 heavy (non-hydrogen) atoms. The Balaban J connectivity index is 0.000000143. The molecule has 0 spiro atoms. The van der Waals surface area contributed by atoms with Crippen LogP contribution in [0.15, 0.2) is 175 Å². The Kier molecular flexibility index (Phi) is 8.16. The molecule has 9 heteroatoms. The van der Waals surface area contributed by atoms with Gasteiger partial charge in [-0.25, -0.2) is 19.9 Å². The molecule has 0 aliphatic carbocycles. The van der Waals surface area contributed by atoms with Gasteiger partial charge in [-0.05, 0) is 96.1 Å². The highest BCUT2D eigenvalue weighted by atomic mass is 32.1. The molecule has 0 saturated heterocycles. The molecule has 0 amide bonds. The minimum atomic E-state index is 0.624. The molecule has 0 atom stereocenters. The largest absolute Gasteiger partial charge is 0.436 e. The first-order valence-corrected chi connectivity index (χ1v) is 18.4. The number of rotatable bonds is 6. The summed E-state index contributed by atoms with van der Waals surface area (Å²) in [6.07, 6.45) is 4.18. The molecule has 262 valence electrons. The number of benzene rings is 6. The van der Waals surface area contributed by atoms with Crippen LogP contribution in [-0.4, -0.2) is 19.9 Å². The summed E-state index contributed by atoms with van der Waals surface area (Å²) in [4.78, 5) is 20.1. The number of oxazole rings is 4. The van der Waals surface area contributed by atoms with Crippen molar-refractivity contribution in [1.82, 2.24) is 19.9 Å². The third-order valence-corrected chi connectivity index (χ3v) is 10.0. The van der Waals surface area contributed by atoms with Crippen LogP contribution in [0.25, 0.3) is 101 Å². The van der Waals surface area contributed by atoms with Crippen LogP contribution < -0.4 is 0 Å². The molecule has 11 aromatic rings. The van der Waals surface area contributed by atoms with Gasteiger partial charge in [-0.3, -0.25) is 0 Å². The number of thiophene rings is 1. The lowest BCUT2D eigenvalue weighted by Gasteiger charge is -1.99. The lowest BCUT2D eigenvalue weighted by Crippen LogP contribution is -1.79. The maximum atomic E-state index is 5.85. The average Bonchev–Trinajstić information content (AvgIpc) is 4.09. The highest BCUT2D eigenvalue weighted by Gasteiger charge is 2.15. The third-order valence-electron chi connectivity index (χ3n) is 8.99. The number of hydrogen-bond donors (Lipinski definition) is 0. The van der Waals surface area contributed by atoms with Gasteiger partial charge in [0.15, 0.2) is 22.3 Å². The molecule has 0 aliphatic rings. The second kappa shape index (κ2) is 13.9. The van der Waals surface area contributed by atoms with E-state index in [9.17, 15) is 0 Å². The normalized spacial score (nSPS) is 11.6. The Hall–Kier alpha value is -7.36. The van der Waals surface area contributed by atoms with E-state index >= 15 is 0 Å². The zero-order valence-electron chi connectivity index (χ0n) is 29.0. The smallest absolute Gasteiger partial charge is 0.237 e. The highest BCUT2D eigenvalue weighted by Crippen LogP contribution is 2.36. The van der Waals surface area contributed by atoms with E-state index < -0.39 is 0 Å². The van der Waals surface area contributed by atoms with Crippen LogP contribution in [-0.2, 0) is 0 Å². The van der Waals surface area contributed by atoms with Crippen molar-refractivity contribution in [2.45, 2.75) is 0 Å². The average molecular weight is 733 g/mol. The van der Waals surface area contributed by atoms with Crippen LogP contribution in [0.2, 0.25) is 0 Å². The summed E-state index contributed by atoms with van der Waals surface area (Å²) in [6.45, 7) is 0. The number of nitrogens with zero attached hydrogens (tertiary/aromatic N) is 4. The van der Waals surface area contributed by atoms with Crippen LogP contribution >= 0.6 is 11.3 Å². The molecule has 11 rings (SSSR count). The predicted molar refractivity (Wildman–Crippen MR) is 218 cm³/mol. The molecule has 0 bridgehead atoms. The Bertz CT molecular complexity index is 2770. The molecule has 6 aromatic carbocycles. The van der Waals surface area contributed by atoms with Crippen molar-refractivity contribution in [3.8, 4) is 44.4 Å². The quantitative estimate of drug-likeness (QED) is 0.156. The molecule has 8 nitrogen and oxygen atoms in total. The Labute approximate surface area is 317 Å². The van der Waals surface area contributed by atoms with Gasteiger partial charge >= 0.3 is 0 Å². The van der Waals surface area contributed by atoms with Crippen molar-refractivity contribution in [2.24, 2.45) is 0 Å². The molecule has 0 radical (unpaired) electrons. The molecule has 0 aliphatic heterocycles. The van der Waals surface area contributed by atoms with Crippen molar-refractivity contribution < 1.29 is 17.7 Å². The van der Waals surface area contributed by atoms with E-state index in [0.717, 1.165) is 76.4 Å². The van der Waals surface area contributed by atoms with Crippen LogP contribution in [0.1, 0.15) is 11.1 Å². The molecular formula is C46H28N4O4S. The van der Waals surface area contributed by atoms with Crippen molar-refractivity contribution in [3.05, 3.63) is 169 Å². The second-order valence-electron chi connectivity index (χ2n) is 12.7. The van der Waals surface area contributed by atoms with Crippen LogP contribution in [0.3, 0.4) is 0 Å². The first kappa shape index (κ1) is 32.3. The summed E-state index contributed by atoms with van der Waals surface area (Å²) >= 11 is 1.56. The molecular weight excluding hydrogens is 705 g/mol. The van der Waals surface area contributed by atoms with Gasteiger partial charge in [0.1, 0.15) is 22.1 Å². The third kappa shape index (κ3) is 6.60. The topological polar surface area (TPSA) is 104 Å². The molecule has 0 fully saturated rings. The zero-order valence-corrected chi connectivity index (χ0v) is 29.8. The van der Waals surface area contributed by atoms with Gasteiger partial charge in [-0.2, -0.15) is 0 Å². The standard InChI is InChI=1S/C28H18N2O2.C18H10N2O2S/c1-3-7-25-23(5-1)29-27(31-25)21-15-11-19(12-16-21)9-10-20-13-17-22(18-14-20)28-30-24-6-2-4-8-26(24)32-28;1-3-7-13-11(5-1)19-17(21-13)15-9-10-16(23-15)18-20-12-6-2-4-8-14(12)22-18/h1-18H;1-10H/b10-9+;. The van der Waals surface area contributed by atoms with Crippen LogP contribution in [0, 0.1) is 0 Å². The number of aromatic nitrogens is 4. The summed E-state index contributed by atoms with van der Waals surface area (Å²) in [5, 5.41) is 0. The fourth-order valence-electron chi connectivity index (χ4n) is 6.18. The fraction of sp³-hybridized carbons (Fsp3) is 0. The molecule has 0 saturated carbocycles. The number of hydrogen-bond acceptors (Lipinski definition) is 9. The summed E-state index contributed by atoms with van der Waals surface area (Å²) in [5.41, 5.74) is 10.8. The predicted octanol–water partition coefficient (Wildman–Crippen LogP) is 12.8. The van der Waals surface area contributed by atoms with Crippen molar-refractivity contribution in [3.63, 3.8) is 0 Å². The minimum Gasteiger partial charge on any atom is -0.436 e. The first-order chi connectivity index (χ1) is 27.2. The summed E-state index contributed by atoms with van der Waals surface area (Å²) in [7, 11) is 0. The minimum absolute atomic E-state index is 0.624. The Morgan fingerprint density at radius 2 is 0.636 bits per heavy atom. The number of para-hydroxylation sites is 8. The van der Waals surface area contributed by atoms with Gasteiger partial charge in [0.2, 0.25) is 23.6 Å². The van der Waals surface area contributed by atoms with E-state index in [2.05, 4.69) is 56.4 Å². The van der Waals surface area contributed by atoms with Gasteiger partial charge in [0.25, 0.3) is 0 Å². The van der Waals surface area contributed by atoms with Crippen molar-refractivity contribution >= 4 is 67.9 Å². The van der Waals surface area contributed by atoms with Gasteiger partial charge in [-0.15, -0.1) is 11.3 Å². The maximum absolute atomic E-state index is 5.85. The van der Waals surface area contributed by atoms with E-state index in [-0.39, 0.29) is 0 Å². The van der Waals surface area contributed by atoms with E-state index in [1.54, 1.807) is 11.3 Å². The van der Waals surface area contributed by atoms with E-state index in [4.69, 9.17) is 17.7 Å². The molecule has 0 N–H and O–H groups in total. The fourth-order valence-corrected chi connectivity index (χ4v) is 7.04. The second-order valence-corrected chi connectivity index (χ2v) is 13.8. The van der Waals surface area contributed by atoms with Gasteiger partial charge in [-0.1, -0.05) is 84.9 Å². The summed E-state index contributed by atoms with van der Waals surface area (Å²) in [5.74, 6) is 2.52. The van der Waals surface area contributed by atoms with Crippen molar-refractivity contribution in [1.29, 1.82) is 0 Å². The Morgan fingerprint density at radius 1 is 0.327 bits per heavy atom. The zero-order chi connectivity index (χ0) is 36.6. The molecule has 0 unspecified atom stereocenters. The van der Waals surface area contributed by atoms with Gasteiger partial charge < -0.3 is 17.7 Å². The van der Waals surface area contributed by atoms with Crippen molar-refractivity contribution in [2.75, 3.05) is 0 Å². The highest BCUT2D eigenvalue weighted by molar-refractivity contribution is 7.18. The molecule has 5 aromatic heterocycles. The Morgan fingerprint density at radius 3 is 0.982 bits per heavy atom. The lowest BCUT2D eigenvalue weighted by atomic mass is 10.1. The van der Waals surface area contributed by atoms with Gasteiger partial charge in [0, 0.05) is 11.1 Å².